The van der Waals surface area contributed by atoms with Crippen LogP contribution in [-0.2, 0) is 4.79 Å². The summed E-state index contributed by atoms with van der Waals surface area (Å²) in [7, 11) is 0. The van der Waals surface area contributed by atoms with Gasteiger partial charge in [-0.05, 0) is 44.0 Å². The number of amides is 1. The number of anilines is 1. The summed E-state index contributed by atoms with van der Waals surface area (Å²) in [6.07, 6.45) is 7.36. The van der Waals surface area contributed by atoms with Crippen LogP contribution < -0.4 is 5.32 Å². The Hall–Kier alpha value is -1.96. The average molecular weight is 465 g/mol. The van der Waals surface area contributed by atoms with Crippen molar-refractivity contribution in [2.45, 2.75) is 55.5 Å². The van der Waals surface area contributed by atoms with Gasteiger partial charge in [0.25, 0.3) is 0 Å². The molecule has 2 heterocycles. The zero-order valence-corrected chi connectivity index (χ0v) is 18.8. The van der Waals surface area contributed by atoms with Gasteiger partial charge in [0.2, 0.25) is 11.7 Å². The van der Waals surface area contributed by atoms with E-state index in [0.717, 1.165) is 12.8 Å². The van der Waals surface area contributed by atoms with E-state index in [2.05, 4.69) is 20.1 Å². The smallest absolute Gasteiger partial charge is 0.237 e. The fraction of sp³-hybridized carbons (Fsp3) is 0.381. The van der Waals surface area contributed by atoms with Crippen molar-refractivity contribution in [3.05, 3.63) is 46.6 Å². The normalized spacial score (nSPS) is 15.8. The SMILES string of the molecule is C[C@@H](Sc1nnc(-c2ccco2)n1C1CCCCC1)C(=O)Nc1cccc(Cl)c1Cl. The quantitative estimate of drug-likeness (QED) is 0.423. The molecule has 0 aliphatic heterocycles. The Morgan fingerprint density at radius 1 is 1.20 bits per heavy atom. The molecule has 1 amide bonds. The third-order valence-corrected chi connectivity index (χ3v) is 7.08. The van der Waals surface area contributed by atoms with Crippen molar-refractivity contribution in [3.8, 4) is 11.6 Å². The summed E-state index contributed by atoms with van der Waals surface area (Å²) in [4.78, 5) is 12.8. The molecule has 0 saturated heterocycles. The van der Waals surface area contributed by atoms with Crippen LogP contribution in [0.4, 0.5) is 5.69 Å². The molecule has 30 heavy (non-hydrogen) atoms. The lowest BCUT2D eigenvalue weighted by molar-refractivity contribution is -0.115. The van der Waals surface area contributed by atoms with Crippen molar-refractivity contribution in [1.29, 1.82) is 0 Å². The molecule has 3 aromatic rings. The van der Waals surface area contributed by atoms with Gasteiger partial charge in [-0.2, -0.15) is 0 Å². The summed E-state index contributed by atoms with van der Waals surface area (Å²) in [5.41, 5.74) is 0.492. The number of hydrogen-bond acceptors (Lipinski definition) is 5. The van der Waals surface area contributed by atoms with E-state index < -0.39 is 5.25 Å². The molecule has 1 aromatic carbocycles. The lowest BCUT2D eigenvalue weighted by Gasteiger charge is -2.25. The first-order valence-electron chi connectivity index (χ1n) is 9.95. The summed E-state index contributed by atoms with van der Waals surface area (Å²) in [6, 6.07) is 9.18. The number of halogens is 2. The molecule has 4 rings (SSSR count). The number of rotatable bonds is 6. The summed E-state index contributed by atoms with van der Waals surface area (Å²) in [5, 5.41) is 12.7. The first kappa shape index (κ1) is 21.3. The molecule has 0 radical (unpaired) electrons. The van der Waals surface area contributed by atoms with Crippen LogP contribution in [0.2, 0.25) is 10.0 Å². The van der Waals surface area contributed by atoms with Gasteiger partial charge < -0.3 is 9.73 Å². The Morgan fingerprint density at radius 2 is 2.00 bits per heavy atom. The van der Waals surface area contributed by atoms with Crippen LogP contribution in [0.5, 0.6) is 0 Å². The lowest BCUT2D eigenvalue weighted by atomic mass is 9.95. The van der Waals surface area contributed by atoms with E-state index in [1.807, 2.05) is 19.1 Å². The molecule has 1 atom stereocenters. The molecular weight excluding hydrogens is 443 g/mol. The maximum Gasteiger partial charge on any atom is 0.237 e. The number of benzene rings is 1. The number of nitrogens with one attached hydrogen (secondary N) is 1. The van der Waals surface area contributed by atoms with E-state index >= 15 is 0 Å². The number of furan rings is 1. The van der Waals surface area contributed by atoms with Crippen LogP contribution >= 0.6 is 35.0 Å². The highest BCUT2D eigenvalue weighted by Gasteiger charge is 2.27. The van der Waals surface area contributed by atoms with Gasteiger partial charge in [-0.1, -0.05) is 60.3 Å². The zero-order chi connectivity index (χ0) is 21.1. The molecule has 0 unspecified atom stereocenters. The van der Waals surface area contributed by atoms with Crippen molar-refractivity contribution in [2.24, 2.45) is 0 Å². The van der Waals surface area contributed by atoms with Gasteiger partial charge in [-0.3, -0.25) is 9.36 Å². The minimum absolute atomic E-state index is 0.179. The summed E-state index contributed by atoms with van der Waals surface area (Å²) in [6.45, 7) is 1.84. The van der Waals surface area contributed by atoms with Gasteiger partial charge >= 0.3 is 0 Å². The van der Waals surface area contributed by atoms with Crippen molar-refractivity contribution in [3.63, 3.8) is 0 Å². The van der Waals surface area contributed by atoms with Crippen LogP contribution in [0.1, 0.15) is 45.1 Å². The molecule has 1 aliphatic carbocycles. The van der Waals surface area contributed by atoms with Crippen molar-refractivity contribution in [2.75, 3.05) is 5.32 Å². The van der Waals surface area contributed by atoms with Gasteiger partial charge in [0.1, 0.15) is 0 Å². The molecule has 0 bridgehead atoms. The van der Waals surface area contributed by atoms with Crippen LogP contribution in [0.15, 0.2) is 46.2 Å². The molecule has 0 spiro atoms. The van der Waals surface area contributed by atoms with E-state index in [9.17, 15) is 4.79 Å². The second-order valence-electron chi connectivity index (χ2n) is 7.30. The van der Waals surface area contributed by atoms with Gasteiger partial charge in [-0.25, -0.2) is 0 Å². The van der Waals surface area contributed by atoms with Gasteiger partial charge in [0, 0.05) is 6.04 Å². The molecular formula is C21H22Cl2N4O2S. The second kappa shape index (κ2) is 9.45. The standard InChI is InChI=1S/C21H22Cl2N4O2S/c1-13(20(28)24-16-10-5-9-15(22)18(16)23)30-21-26-25-19(17-11-6-12-29-17)27(21)14-7-3-2-4-8-14/h5-6,9-14H,2-4,7-8H2,1H3,(H,24,28)/t13-/m1/s1. The Labute approximate surface area is 189 Å². The zero-order valence-electron chi connectivity index (χ0n) is 16.5. The highest BCUT2D eigenvalue weighted by molar-refractivity contribution is 8.00. The fourth-order valence-electron chi connectivity index (χ4n) is 3.65. The van der Waals surface area contributed by atoms with Gasteiger partial charge in [0.15, 0.2) is 10.9 Å². The number of hydrogen-bond donors (Lipinski definition) is 1. The van der Waals surface area contributed by atoms with E-state index in [1.165, 1.54) is 31.0 Å². The van der Waals surface area contributed by atoms with E-state index in [4.69, 9.17) is 27.6 Å². The number of thioether (sulfide) groups is 1. The van der Waals surface area contributed by atoms with Crippen molar-refractivity contribution in [1.82, 2.24) is 14.8 Å². The molecule has 2 aromatic heterocycles. The van der Waals surface area contributed by atoms with Crippen LogP contribution in [-0.4, -0.2) is 25.9 Å². The fourth-order valence-corrected chi connectivity index (χ4v) is 4.91. The topological polar surface area (TPSA) is 73.0 Å². The van der Waals surface area contributed by atoms with Crippen LogP contribution in [0.3, 0.4) is 0 Å². The monoisotopic (exact) mass is 464 g/mol. The molecule has 9 heteroatoms. The third kappa shape index (κ3) is 4.53. The summed E-state index contributed by atoms with van der Waals surface area (Å²) >= 11 is 13.6. The number of carbonyl (C=O) groups is 1. The number of aromatic nitrogens is 3. The number of carbonyl (C=O) groups excluding carboxylic acids is 1. The predicted molar refractivity (Wildman–Crippen MR) is 120 cm³/mol. The first-order valence-corrected chi connectivity index (χ1v) is 11.6. The van der Waals surface area contributed by atoms with Crippen LogP contribution in [0, 0.1) is 0 Å². The minimum atomic E-state index is -0.406. The van der Waals surface area contributed by atoms with Crippen molar-refractivity contribution < 1.29 is 9.21 Å². The van der Waals surface area contributed by atoms with Crippen molar-refractivity contribution >= 4 is 46.6 Å². The number of nitrogens with zero attached hydrogens (tertiary/aromatic N) is 3. The van der Waals surface area contributed by atoms with Gasteiger partial charge in [-0.15, -0.1) is 10.2 Å². The Kier molecular flexibility index (Phi) is 6.71. The summed E-state index contributed by atoms with van der Waals surface area (Å²) in [5.74, 6) is 1.21. The van der Waals surface area contributed by atoms with Crippen LogP contribution in [0.25, 0.3) is 11.6 Å². The average Bonchev–Trinajstić information content (AvgIpc) is 3.42. The minimum Gasteiger partial charge on any atom is -0.461 e. The third-order valence-electron chi connectivity index (χ3n) is 5.21. The highest BCUT2D eigenvalue weighted by Crippen LogP contribution is 2.37. The van der Waals surface area contributed by atoms with E-state index in [1.54, 1.807) is 24.5 Å². The second-order valence-corrected chi connectivity index (χ2v) is 9.39. The van der Waals surface area contributed by atoms with Gasteiger partial charge in [0.05, 0.1) is 27.2 Å². The highest BCUT2D eigenvalue weighted by atomic mass is 35.5. The maximum atomic E-state index is 12.8. The summed E-state index contributed by atoms with van der Waals surface area (Å²) < 4.78 is 7.72. The molecule has 1 fully saturated rings. The Bertz CT molecular complexity index is 1020. The largest absolute Gasteiger partial charge is 0.461 e. The first-order chi connectivity index (χ1) is 14.5. The Morgan fingerprint density at radius 3 is 2.73 bits per heavy atom. The maximum absolute atomic E-state index is 12.8. The van der Waals surface area contributed by atoms with E-state index in [-0.39, 0.29) is 5.91 Å². The molecule has 158 valence electrons. The Balaban J connectivity index is 1.56. The molecule has 1 N–H and O–H groups in total. The molecule has 1 aliphatic rings. The predicted octanol–water partition coefficient (Wildman–Crippen LogP) is 6.47. The lowest BCUT2D eigenvalue weighted by Crippen LogP contribution is -2.23. The molecule has 6 nitrogen and oxygen atoms in total. The molecule has 1 saturated carbocycles. The van der Waals surface area contributed by atoms with E-state index in [0.29, 0.717) is 38.5 Å².